The summed E-state index contributed by atoms with van der Waals surface area (Å²) in [5.41, 5.74) is 7.76. The third-order valence-electron chi connectivity index (χ3n) is 3.10. The van der Waals surface area contributed by atoms with Gasteiger partial charge in [0.25, 0.3) is 0 Å². The number of benzene rings is 2. The van der Waals surface area contributed by atoms with Crippen LogP contribution in [0.4, 0.5) is 10.3 Å². The number of methoxy groups -OCH3 is 1. The largest absolute Gasteiger partial charge is 0.494 e. The smallest absolute Gasteiger partial charge is 0.205 e. The van der Waals surface area contributed by atoms with E-state index in [4.69, 9.17) is 22.1 Å². The van der Waals surface area contributed by atoms with Crippen molar-refractivity contribution in [3.05, 3.63) is 45.6 Å². The molecule has 0 aliphatic carbocycles. The molecule has 0 aliphatic heterocycles. The van der Waals surface area contributed by atoms with Crippen LogP contribution in [0.3, 0.4) is 0 Å². The fourth-order valence-corrected chi connectivity index (χ4v) is 2.75. The lowest BCUT2D eigenvalue weighted by molar-refractivity contribution is 0.387. The van der Waals surface area contributed by atoms with E-state index in [1.165, 1.54) is 13.2 Å². The van der Waals surface area contributed by atoms with E-state index in [0.29, 0.717) is 16.1 Å². The summed E-state index contributed by atoms with van der Waals surface area (Å²) in [4.78, 5) is 4.18. The quantitative estimate of drug-likeness (QED) is 0.736. The highest BCUT2D eigenvalue weighted by Gasteiger charge is 2.16. The highest BCUT2D eigenvalue weighted by atomic mass is 79.9. The number of nitrogens with zero attached hydrogens (tertiary/aromatic N) is 2. The minimum absolute atomic E-state index is 0.127. The SMILES string of the molecule is COc1cc2c(cc1F)nc(N)n2-c1cc(Cl)ccc1Br. The van der Waals surface area contributed by atoms with Gasteiger partial charge in [0.2, 0.25) is 5.95 Å². The Balaban J connectivity index is 2.36. The first-order valence-electron chi connectivity index (χ1n) is 5.98. The van der Waals surface area contributed by atoms with Crippen molar-refractivity contribution >= 4 is 44.5 Å². The molecule has 0 fully saturated rings. The summed E-state index contributed by atoms with van der Waals surface area (Å²) in [6.07, 6.45) is 0. The number of halogens is 3. The lowest BCUT2D eigenvalue weighted by Gasteiger charge is -2.10. The number of hydrogen-bond donors (Lipinski definition) is 1. The van der Waals surface area contributed by atoms with Crippen LogP contribution in [-0.2, 0) is 0 Å². The minimum Gasteiger partial charge on any atom is -0.494 e. The fraction of sp³-hybridized carbons (Fsp3) is 0.0714. The molecule has 0 aliphatic rings. The van der Waals surface area contributed by atoms with Crippen molar-refractivity contribution in [1.82, 2.24) is 9.55 Å². The van der Waals surface area contributed by atoms with Gasteiger partial charge in [0, 0.05) is 21.6 Å². The van der Waals surface area contributed by atoms with Crippen molar-refractivity contribution in [2.45, 2.75) is 0 Å². The highest BCUT2D eigenvalue weighted by Crippen LogP contribution is 2.33. The molecule has 7 heteroatoms. The van der Waals surface area contributed by atoms with E-state index < -0.39 is 5.82 Å². The number of hydrogen-bond acceptors (Lipinski definition) is 3. The van der Waals surface area contributed by atoms with Gasteiger partial charge in [0.05, 0.1) is 23.8 Å². The van der Waals surface area contributed by atoms with Gasteiger partial charge in [-0.3, -0.25) is 4.57 Å². The number of rotatable bonds is 2. The summed E-state index contributed by atoms with van der Waals surface area (Å²) in [7, 11) is 1.41. The fourth-order valence-electron chi connectivity index (χ4n) is 2.16. The molecule has 2 aromatic carbocycles. The van der Waals surface area contributed by atoms with Crippen molar-refractivity contribution in [2.24, 2.45) is 0 Å². The first-order chi connectivity index (χ1) is 10.0. The number of anilines is 1. The molecule has 3 rings (SSSR count). The monoisotopic (exact) mass is 369 g/mol. The zero-order valence-corrected chi connectivity index (χ0v) is 13.2. The van der Waals surface area contributed by atoms with Crippen molar-refractivity contribution in [3.8, 4) is 11.4 Å². The van der Waals surface area contributed by atoms with Crippen LogP contribution in [0.2, 0.25) is 5.02 Å². The van der Waals surface area contributed by atoms with Crippen LogP contribution in [0.25, 0.3) is 16.7 Å². The summed E-state index contributed by atoms with van der Waals surface area (Å²) >= 11 is 9.49. The van der Waals surface area contributed by atoms with Crippen LogP contribution in [0.1, 0.15) is 0 Å². The molecule has 0 radical (unpaired) electrons. The second-order valence-corrected chi connectivity index (χ2v) is 5.67. The van der Waals surface area contributed by atoms with E-state index in [1.54, 1.807) is 22.8 Å². The van der Waals surface area contributed by atoms with Gasteiger partial charge in [-0.25, -0.2) is 9.37 Å². The van der Waals surface area contributed by atoms with E-state index in [-0.39, 0.29) is 11.7 Å². The Labute approximate surface area is 133 Å². The van der Waals surface area contributed by atoms with Crippen LogP contribution >= 0.6 is 27.5 Å². The average Bonchev–Trinajstić information content (AvgIpc) is 2.75. The molecule has 0 amide bonds. The molecule has 0 atom stereocenters. The number of aromatic nitrogens is 2. The first-order valence-corrected chi connectivity index (χ1v) is 7.15. The molecule has 3 aromatic rings. The van der Waals surface area contributed by atoms with Crippen LogP contribution < -0.4 is 10.5 Å². The third kappa shape index (κ3) is 2.34. The van der Waals surface area contributed by atoms with Crippen LogP contribution in [0, 0.1) is 5.82 Å². The molecular formula is C14H10BrClFN3O. The molecule has 108 valence electrons. The summed E-state index contributed by atoms with van der Waals surface area (Å²) in [6.45, 7) is 0. The topological polar surface area (TPSA) is 53.1 Å². The predicted octanol–water partition coefficient (Wildman–Crippen LogP) is 4.17. The highest BCUT2D eigenvalue weighted by molar-refractivity contribution is 9.10. The molecule has 0 saturated carbocycles. The standard InChI is InChI=1S/C14H10BrClFN3O/c1-21-13-6-12-10(5-9(13)17)19-14(18)20(12)11-4-7(16)2-3-8(11)15/h2-6H,1H3,(H2,18,19). The lowest BCUT2D eigenvalue weighted by atomic mass is 10.2. The van der Waals surface area contributed by atoms with Gasteiger partial charge >= 0.3 is 0 Å². The van der Waals surface area contributed by atoms with Crippen molar-refractivity contribution in [1.29, 1.82) is 0 Å². The van der Waals surface area contributed by atoms with Crippen LogP contribution in [-0.4, -0.2) is 16.7 Å². The maximum atomic E-state index is 13.8. The molecule has 0 unspecified atom stereocenters. The van der Waals surface area contributed by atoms with Crippen LogP contribution in [0.15, 0.2) is 34.8 Å². The number of fused-ring (bicyclic) bond motifs is 1. The summed E-state index contributed by atoms with van der Waals surface area (Å²) in [6, 6.07) is 8.16. The zero-order valence-electron chi connectivity index (χ0n) is 10.9. The summed E-state index contributed by atoms with van der Waals surface area (Å²) in [5, 5.41) is 0.559. The molecule has 1 aromatic heterocycles. The van der Waals surface area contributed by atoms with Gasteiger partial charge in [-0.2, -0.15) is 0 Å². The molecular weight excluding hydrogens is 361 g/mol. The van der Waals surface area contributed by atoms with Gasteiger partial charge in [0.1, 0.15) is 0 Å². The maximum absolute atomic E-state index is 13.8. The third-order valence-corrected chi connectivity index (χ3v) is 4.01. The zero-order chi connectivity index (χ0) is 15.1. The van der Waals surface area contributed by atoms with E-state index in [1.807, 2.05) is 6.07 Å². The van der Waals surface area contributed by atoms with Gasteiger partial charge < -0.3 is 10.5 Å². The van der Waals surface area contributed by atoms with Gasteiger partial charge in [-0.1, -0.05) is 11.6 Å². The average molecular weight is 371 g/mol. The Kier molecular flexibility index (Phi) is 3.51. The van der Waals surface area contributed by atoms with Gasteiger partial charge in [0.15, 0.2) is 11.6 Å². The van der Waals surface area contributed by atoms with E-state index in [0.717, 1.165) is 10.2 Å². The Morgan fingerprint density at radius 2 is 2.10 bits per heavy atom. The number of nitrogens with two attached hydrogens (primary N) is 1. The van der Waals surface area contributed by atoms with Gasteiger partial charge in [-0.15, -0.1) is 0 Å². The number of ether oxygens (including phenoxy) is 1. The number of imidazole rings is 1. The molecule has 0 bridgehead atoms. The summed E-state index contributed by atoms with van der Waals surface area (Å²) < 4.78 is 21.3. The number of nitrogen functional groups attached to an aromatic ring is 1. The Hall–Kier alpha value is -1.79. The molecule has 0 saturated heterocycles. The minimum atomic E-state index is -0.486. The predicted molar refractivity (Wildman–Crippen MR) is 84.7 cm³/mol. The van der Waals surface area contributed by atoms with Gasteiger partial charge in [-0.05, 0) is 34.1 Å². The van der Waals surface area contributed by atoms with Crippen molar-refractivity contribution in [3.63, 3.8) is 0 Å². The Morgan fingerprint density at radius 3 is 2.81 bits per heavy atom. The maximum Gasteiger partial charge on any atom is 0.205 e. The lowest BCUT2D eigenvalue weighted by Crippen LogP contribution is -2.01. The van der Waals surface area contributed by atoms with E-state index in [2.05, 4.69) is 20.9 Å². The molecule has 0 spiro atoms. The van der Waals surface area contributed by atoms with E-state index in [9.17, 15) is 4.39 Å². The Morgan fingerprint density at radius 1 is 1.33 bits per heavy atom. The Bertz CT molecular complexity index is 850. The van der Waals surface area contributed by atoms with E-state index >= 15 is 0 Å². The second-order valence-electron chi connectivity index (χ2n) is 4.38. The molecule has 2 N–H and O–H groups in total. The second kappa shape index (κ2) is 5.20. The summed E-state index contributed by atoms with van der Waals surface area (Å²) in [5.74, 6) is -0.123. The van der Waals surface area contributed by atoms with Crippen molar-refractivity contribution < 1.29 is 9.13 Å². The molecule has 21 heavy (non-hydrogen) atoms. The molecule has 1 heterocycles. The normalized spacial score (nSPS) is 11.0. The van der Waals surface area contributed by atoms with Crippen molar-refractivity contribution in [2.75, 3.05) is 12.8 Å². The van der Waals surface area contributed by atoms with Crippen LogP contribution in [0.5, 0.6) is 5.75 Å². The first kappa shape index (κ1) is 14.2. The molecule has 4 nitrogen and oxygen atoms in total.